The van der Waals surface area contributed by atoms with Crippen LogP contribution in [0.25, 0.3) is 0 Å². The average molecular weight is 601 g/mol. The Morgan fingerprint density at radius 2 is 1.88 bits per heavy atom. The minimum Gasteiger partial charge on any atom is -0.396 e. The fourth-order valence-corrected chi connectivity index (χ4v) is 7.48. The summed E-state index contributed by atoms with van der Waals surface area (Å²) in [5.74, 6) is 0.294. The molecule has 0 saturated heterocycles. The molecule has 0 aromatic carbocycles. The first kappa shape index (κ1) is 37.4. The lowest BCUT2D eigenvalue weighted by Crippen LogP contribution is -2.59. The van der Waals surface area contributed by atoms with Crippen LogP contribution in [-0.2, 0) is 9.53 Å². The summed E-state index contributed by atoms with van der Waals surface area (Å²) < 4.78 is 5.75. The summed E-state index contributed by atoms with van der Waals surface area (Å²) in [5, 5.41) is 42.9. The van der Waals surface area contributed by atoms with E-state index in [2.05, 4.69) is 33.4 Å². The summed E-state index contributed by atoms with van der Waals surface area (Å²) in [6.07, 6.45) is 17.3. The van der Waals surface area contributed by atoms with Crippen molar-refractivity contribution in [2.45, 2.75) is 117 Å². The summed E-state index contributed by atoms with van der Waals surface area (Å²) >= 11 is 0. The highest BCUT2D eigenvalue weighted by molar-refractivity contribution is 5.74. The molecule has 2 aliphatic carbocycles. The van der Waals surface area contributed by atoms with Crippen LogP contribution in [0.1, 0.15) is 105 Å². The molecule has 0 amide bonds. The van der Waals surface area contributed by atoms with Crippen LogP contribution in [0, 0.1) is 23.2 Å². The van der Waals surface area contributed by atoms with Crippen LogP contribution in [0.2, 0.25) is 0 Å². The molecule has 0 unspecified atom stereocenters. The van der Waals surface area contributed by atoms with E-state index < -0.39 is 17.1 Å². The lowest BCUT2D eigenvalue weighted by Gasteiger charge is -2.55. The first-order chi connectivity index (χ1) is 20.4. The number of ether oxygens (including phenoxy) is 1. The monoisotopic (exact) mass is 600 g/mol. The van der Waals surface area contributed by atoms with Gasteiger partial charge in [-0.3, -0.25) is 4.79 Å². The Balaban J connectivity index is 2.26. The summed E-state index contributed by atoms with van der Waals surface area (Å²) in [6, 6.07) is 0. The van der Waals surface area contributed by atoms with E-state index in [1.807, 2.05) is 32.1 Å². The smallest absolute Gasteiger partial charge is 0.145 e. The van der Waals surface area contributed by atoms with Crippen LogP contribution in [0.15, 0.2) is 58.7 Å². The van der Waals surface area contributed by atoms with Crippen molar-refractivity contribution in [2.75, 3.05) is 26.4 Å². The predicted molar refractivity (Wildman–Crippen MR) is 176 cm³/mol. The molecule has 6 heteroatoms. The Morgan fingerprint density at radius 1 is 1.14 bits per heavy atom. The standard InChI is InChI=1S/C37H60O6/c1-27(2)11-7-12-28(3)13-8-14-29(4)15-9-16-31(26-43-24-23-39)33-19-21-37(35(33)41)34(17-10-22-38)32(30(5)25-40)18-20-36(37,6)42/h9,13,15-16,25,27,33-35,38-39,41-42H,4,7-8,10-12,14,17-24,26H2,1-3,5-6H3/b15-9-,28-13+,31-16-,32-30-/t33-,34-,35+,36+,37+/m0/s1. The van der Waals surface area contributed by atoms with E-state index in [9.17, 15) is 25.2 Å². The fraction of sp³-hybridized carbons (Fsp3) is 0.703. The molecule has 0 bridgehead atoms. The van der Waals surface area contributed by atoms with Gasteiger partial charge < -0.3 is 25.2 Å². The van der Waals surface area contributed by atoms with Crippen molar-refractivity contribution in [1.82, 2.24) is 0 Å². The molecule has 4 N–H and O–H groups in total. The van der Waals surface area contributed by atoms with Crippen molar-refractivity contribution in [3.8, 4) is 0 Å². The fourth-order valence-electron chi connectivity index (χ4n) is 7.48. The number of carbonyl (C=O) groups is 1. The van der Waals surface area contributed by atoms with Crippen LogP contribution in [0.5, 0.6) is 0 Å². The lowest BCUT2D eigenvalue weighted by atomic mass is 9.52. The maximum absolute atomic E-state index is 12.1. The number of hydrogen-bond acceptors (Lipinski definition) is 6. The lowest BCUT2D eigenvalue weighted by molar-refractivity contribution is -0.167. The first-order valence-corrected chi connectivity index (χ1v) is 16.5. The number of aliphatic hydroxyl groups is 4. The molecule has 2 aliphatic rings. The van der Waals surface area contributed by atoms with E-state index in [0.29, 0.717) is 44.1 Å². The molecule has 2 rings (SSSR count). The van der Waals surface area contributed by atoms with Crippen LogP contribution in [-0.4, -0.2) is 64.8 Å². The number of rotatable bonds is 18. The number of aliphatic hydroxyl groups excluding tert-OH is 3. The molecule has 6 nitrogen and oxygen atoms in total. The summed E-state index contributed by atoms with van der Waals surface area (Å²) in [5.41, 5.74) is 3.07. The number of aldehydes is 1. The van der Waals surface area contributed by atoms with Crippen molar-refractivity contribution < 1.29 is 30.0 Å². The van der Waals surface area contributed by atoms with E-state index >= 15 is 0 Å². The molecule has 0 heterocycles. The van der Waals surface area contributed by atoms with Crippen molar-refractivity contribution >= 4 is 6.29 Å². The van der Waals surface area contributed by atoms with Crippen LogP contribution < -0.4 is 0 Å². The van der Waals surface area contributed by atoms with Gasteiger partial charge in [-0.15, -0.1) is 0 Å². The molecule has 5 atom stereocenters. The molecule has 0 radical (unpaired) electrons. The Morgan fingerprint density at radius 3 is 2.53 bits per heavy atom. The largest absolute Gasteiger partial charge is 0.396 e. The Hall–Kier alpha value is -1.83. The van der Waals surface area contributed by atoms with E-state index in [1.165, 1.54) is 18.4 Å². The first-order valence-electron chi connectivity index (χ1n) is 16.5. The van der Waals surface area contributed by atoms with Crippen molar-refractivity contribution in [3.63, 3.8) is 0 Å². The van der Waals surface area contributed by atoms with Gasteiger partial charge in [0.25, 0.3) is 0 Å². The SMILES string of the molecule is C=C(/C=C\C=C(\COCCO)[C@@H]1CC[C@]2([C@@H]1O)[C@@H](CCCO)/C(=C(/C)C=O)CC[C@@]2(C)O)CC/C=C(\C)CCCC(C)C. The number of allylic oxidation sites excluding steroid dienone is 8. The maximum atomic E-state index is 12.1. The summed E-state index contributed by atoms with van der Waals surface area (Å²) in [7, 11) is 0. The second-order valence-corrected chi connectivity index (χ2v) is 13.6. The highest BCUT2D eigenvalue weighted by atomic mass is 16.5. The molecule has 0 aromatic rings. The van der Waals surface area contributed by atoms with Gasteiger partial charge in [0, 0.05) is 17.9 Å². The number of carbonyl (C=O) groups excluding carboxylic acids is 1. The third-order valence-electron chi connectivity index (χ3n) is 9.97. The van der Waals surface area contributed by atoms with Gasteiger partial charge >= 0.3 is 0 Å². The second-order valence-electron chi connectivity index (χ2n) is 13.6. The second kappa shape index (κ2) is 18.2. The molecule has 43 heavy (non-hydrogen) atoms. The van der Waals surface area contributed by atoms with E-state index in [0.717, 1.165) is 48.2 Å². The molecule has 0 aliphatic heterocycles. The molecular formula is C37H60O6. The van der Waals surface area contributed by atoms with Gasteiger partial charge in [0.15, 0.2) is 0 Å². The quantitative estimate of drug-likeness (QED) is 0.0454. The van der Waals surface area contributed by atoms with Gasteiger partial charge in [-0.05, 0) is 108 Å². The maximum Gasteiger partial charge on any atom is 0.145 e. The molecule has 2 fully saturated rings. The molecular weight excluding hydrogens is 540 g/mol. The van der Waals surface area contributed by atoms with Crippen molar-refractivity contribution in [1.29, 1.82) is 0 Å². The third-order valence-corrected chi connectivity index (χ3v) is 9.97. The zero-order valence-corrected chi connectivity index (χ0v) is 27.6. The zero-order chi connectivity index (χ0) is 32.0. The third kappa shape index (κ3) is 10.1. The molecule has 244 valence electrons. The van der Waals surface area contributed by atoms with Gasteiger partial charge in [-0.2, -0.15) is 0 Å². The Labute approximate surface area is 261 Å². The van der Waals surface area contributed by atoms with Gasteiger partial charge in [-0.25, -0.2) is 0 Å². The van der Waals surface area contributed by atoms with Gasteiger partial charge in [0.05, 0.1) is 31.5 Å². The Kier molecular flexibility index (Phi) is 15.8. The van der Waals surface area contributed by atoms with E-state index in [4.69, 9.17) is 4.74 Å². The molecule has 0 aromatic heterocycles. The van der Waals surface area contributed by atoms with Crippen molar-refractivity contribution in [2.24, 2.45) is 23.2 Å². The average Bonchev–Trinajstić information content (AvgIpc) is 3.30. The molecule has 2 saturated carbocycles. The van der Waals surface area contributed by atoms with Gasteiger partial charge in [0.1, 0.15) is 6.29 Å². The summed E-state index contributed by atoms with van der Waals surface area (Å²) in [6.45, 7) is 15.0. The topological polar surface area (TPSA) is 107 Å². The number of hydrogen-bond donors (Lipinski definition) is 4. The van der Waals surface area contributed by atoms with Crippen LogP contribution in [0.4, 0.5) is 0 Å². The minimum atomic E-state index is -1.13. The molecule has 1 spiro atoms. The van der Waals surface area contributed by atoms with Gasteiger partial charge in [-0.1, -0.05) is 67.9 Å². The highest BCUT2D eigenvalue weighted by Crippen LogP contribution is 2.62. The van der Waals surface area contributed by atoms with E-state index in [-0.39, 0.29) is 38.3 Å². The minimum absolute atomic E-state index is 0.0178. The Bertz CT molecular complexity index is 1020. The van der Waals surface area contributed by atoms with Crippen LogP contribution in [0.3, 0.4) is 0 Å². The predicted octanol–water partition coefficient (Wildman–Crippen LogP) is 6.79. The van der Waals surface area contributed by atoms with E-state index in [1.54, 1.807) is 0 Å². The zero-order valence-electron chi connectivity index (χ0n) is 27.6. The normalized spacial score (nSPS) is 29.7. The van der Waals surface area contributed by atoms with Gasteiger partial charge in [0.2, 0.25) is 0 Å². The van der Waals surface area contributed by atoms with Crippen LogP contribution >= 0.6 is 0 Å². The summed E-state index contributed by atoms with van der Waals surface area (Å²) in [4.78, 5) is 11.8. The van der Waals surface area contributed by atoms with Crippen molar-refractivity contribution in [3.05, 3.63) is 58.7 Å². The highest BCUT2D eigenvalue weighted by Gasteiger charge is 2.63.